The van der Waals surface area contributed by atoms with Crippen molar-refractivity contribution in [3.05, 3.63) is 85.0 Å². The van der Waals surface area contributed by atoms with Gasteiger partial charge in [0.05, 0.1) is 28.7 Å². The van der Waals surface area contributed by atoms with E-state index < -0.39 is 11.6 Å². The number of benzene rings is 2. The molecule has 0 saturated carbocycles. The van der Waals surface area contributed by atoms with E-state index >= 15 is 8.78 Å². The number of anilines is 1. The fraction of sp³-hybridized carbons (Fsp3) is 0.172. The van der Waals surface area contributed by atoms with Gasteiger partial charge in [-0.2, -0.15) is 10.2 Å². The van der Waals surface area contributed by atoms with E-state index in [1.54, 1.807) is 47.5 Å². The Morgan fingerprint density at radius 3 is 2.64 bits per heavy atom. The van der Waals surface area contributed by atoms with Crippen LogP contribution in [-0.4, -0.2) is 55.0 Å². The SMILES string of the molecule is Fc1c(-c2ccnc3c(-c4cccc5[nH]ncc45)c(-c4ccncc4)nn23)ccc(N2C[C@@H]3C[C@H]2CN3)c1F. The summed E-state index contributed by atoms with van der Waals surface area (Å²) in [7, 11) is 0. The number of aromatic amines is 1. The molecular weight excluding hydrogens is 498 g/mol. The molecule has 4 aromatic heterocycles. The molecule has 6 heterocycles. The molecule has 8 rings (SSSR count). The highest BCUT2D eigenvalue weighted by molar-refractivity contribution is 6.02. The molecule has 8 nitrogen and oxygen atoms in total. The van der Waals surface area contributed by atoms with Crippen LogP contribution < -0.4 is 10.2 Å². The molecule has 2 aliphatic rings. The summed E-state index contributed by atoms with van der Waals surface area (Å²) in [5, 5.41) is 16.5. The van der Waals surface area contributed by atoms with Crippen LogP contribution in [0.5, 0.6) is 0 Å². The average Bonchev–Trinajstić information content (AvgIpc) is 3.78. The Morgan fingerprint density at radius 2 is 1.82 bits per heavy atom. The Kier molecular flexibility index (Phi) is 4.80. The van der Waals surface area contributed by atoms with E-state index in [9.17, 15) is 0 Å². The van der Waals surface area contributed by atoms with Gasteiger partial charge in [0.25, 0.3) is 0 Å². The van der Waals surface area contributed by atoms with Gasteiger partial charge in [0.2, 0.25) is 0 Å². The van der Waals surface area contributed by atoms with Gasteiger partial charge in [-0.05, 0) is 48.4 Å². The zero-order valence-electron chi connectivity index (χ0n) is 20.6. The van der Waals surface area contributed by atoms with Gasteiger partial charge in [-0.1, -0.05) is 12.1 Å². The molecule has 0 aliphatic carbocycles. The molecule has 6 aromatic rings. The van der Waals surface area contributed by atoms with Gasteiger partial charge < -0.3 is 10.2 Å². The monoisotopic (exact) mass is 520 g/mol. The number of hydrogen-bond acceptors (Lipinski definition) is 6. The number of hydrogen-bond donors (Lipinski definition) is 2. The predicted molar refractivity (Wildman–Crippen MR) is 144 cm³/mol. The first-order valence-electron chi connectivity index (χ1n) is 12.9. The summed E-state index contributed by atoms with van der Waals surface area (Å²) in [4.78, 5) is 10.8. The van der Waals surface area contributed by atoms with Crippen molar-refractivity contribution in [3.8, 4) is 33.6 Å². The molecule has 192 valence electrons. The van der Waals surface area contributed by atoms with Crippen LogP contribution in [0.25, 0.3) is 50.2 Å². The van der Waals surface area contributed by atoms with Crippen molar-refractivity contribution < 1.29 is 8.78 Å². The maximum absolute atomic E-state index is 15.8. The molecule has 2 N–H and O–H groups in total. The minimum absolute atomic E-state index is 0.128. The molecule has 39 heavy (non-hydrogen) atoms. The van der Waals surface area contributed by atoms with Gasteiger partial charge >= 0.3 is 0 Å². The maximum Gasteiger partial charge on any atom is 0.182 e. The summed E-state index contributed by atoms with van der Waals surface area (Å²) in [6.07, 6.45) is 7.72. The molecule has 0 amide bonds. The first-order chi connectivity index (χ1) is 19.2. The van der Waals surface area contributed by atoms with Crippen molar-refractivity contribution in [1.82, 2.24) is 35.1 Å². The Morgan fingerprint density at radius 1 is 0.923 bits per heavy atom. The van der Waals surface area contributed by atoms with E-state index in [2.05, 4.69) is 25.5 Å². The molecule has 2 bridgehead atoms. The minimum atomic E-state index is -0.893. The summed E-state index contributed by atoms with van der Waals surface area (Å²) in [5.41, 5.74) is 5.39. The lowest BCUT2D eigenvalue weighted by Crippen LogP contribution is -2.44. The Balaban J connectivity index is 1.35. The van der Waals surface area contributed by atoms with Crippen LogP contribution in [0.4, 0.5) is 14.5 Å². The molecule has 0 radical (unpaired) electrons. The second-order valence-corrected chi connectivity index (χ2v) is 10.1. The Labute approximate surface area is 221 Å². The zero-order chi connectivity index (χ0) is 26.1. The lowest BCUT2D eigenvalue weighted by Gasteiger charge is -2.30. The standard InChI is InChI=1S/C29H22F2N8/c30-26-20(4-5-24(27(26)31)38-15-17-12-18(38)13-34-17)23-8-11-33-29-25(19-2-1-3-22-21(19)14-35-36-22)28(37-39(23)29)16-6-9-32-10-7-16/h1-11,14,17-18,34H,12-13,15H2,(H,35,36)/t17-,18-/m0/s1. The second kappa shape index (κ2) is 8.40. The molecule has 2 atom stereocenters. The molecule has 0 unspecified atom stereocenters. The van der Waals surface area contributed by atoms with Crippen LogP contribution >= 0.6 is 0 Å². The number of piperazine rings is 1. The molecule has 10 heteroatoms. The van der Waals surface area contributed by atoms with Crippen molar-refractivity contribution >= 4 is 22.2 Å². The van der Waals surface area contributed by atoms with Crippen molar-refractivity contribution in [2.45, 2.75) is 18.5 Å². The summed E-state index contributed by atoms with van der Waals surface area (Å²) >= 11 is 0. The number of H-pyrrole nitrogens is 1. The van der Waals surface area contributed by atoms with Crippen LogP contribution in [0.1, 0.15) is 6.42 Å². The van der Waals surface area contributed by atoms with Crippen LogP contribution in [0, 0.1) is 11.6 Å². The molecule has 2 fully saturated rings. The Hall–Kier alpha value is -4.70. The number of rotatable bonds is 4. The van der Waals surface area contributed by atoms with Crippen LogP contribution in [0.3, 0.4) is 0 Å². The summed E-state index contributed by atoms with van der Waals surface area (Å²) < 4.78 is 33.0. The van der Waals surface area contributed by atoms with Crippen LogP contribution in [0.15, 0.2) is 73.3 Å². The van der Waals surface area contributed by atoms with Gasteiger partial charge in [-0.3, -0.25) is 10.1 Å². The van der Waals surface area contributed by atoms with Crippen molar-refractivity contribution in [1.29, 1.82) is 0 Å². The topological polar surface area (TPSA) is 87.0 Å². The highest BCUT2D eigenvalue weighted by Gasteiger charge is 2.39. The molecule has 2 aliphatic heterocycles. The van der Waals surface area contributed by atoms with E-state index in [4.69, 9.17) is 5.10 Å². The summed E-state index contributed by atoms with van der Waals surface area (Å²) in [6, 6.07) is 15.1. The maximum atomic E-state index is 15.8. The van der Waals surface area contributed by atoms with Gasteiger partial charge in [-0.15, -0.1) is 0 Å². The number of halogens is 2. The summed E-state index contributed by atoms with van der Waals surface area (Å²) in [5.74, 6) is -1.73. The van der Waals surface area contributed by atoms with Crippen LogP contribution in [-0.2, 0) is 0 Å². The molecule has 2 aromatic carbocycles. The van der Waals surface area contributed by atoms with Crippen molar-refractivity contribution in [3.63, 3.8) is 0 Å². The van der Waals surface area contributed by atoms with Crippen molar-refractivity contribution in [2.75, 3.05) is 18.0 Å². The van der Waals surface area contributed by atoms with Gasteiger partial charge in [0, 0.05) is 60.3 Å². The fourth-order valence-electron chi connectivity index (χ4n) is 6.11. The Bertz CT molecular complexity index is 1880. The fourth-order valence-corrected chi connectivity index (χ4v) is 6.11. The van der Waals surface area contributed by atoms with Gasteiger partial charge in [0.1, 0.15) is 5.69 Å². The largest absolute Gasteiger partial charge is 0.363 e. The van der Waals surface area contributed by atoms with Gasteiger partial charge in [0.15, 0.2) is 17.3 Å². The molecule has 0 spiro atoms. The lowest BCUT2D eigenvalue weighted by molar-refractivity contribution is 0.500. The molecular formula is C29H22F2N8. The van der Waals surface area contributed by atoms with E-state index in [0.29, 0.717) is 35.3 Å². The number of aromatic nitrogens is 6. The minimum Gasteiger partial charge on any atom is -0.363 e. The number of nitrogens with zero attached hydrogens (tertiary/aromatic N) is 6. The number of nitrogens with one attached hydrogen (secondary N) is 2. The third-order valence-corrected chi connectivity index (χ3v) is 7.93. The highest BCUT2D eigenvalue weighted by atomic mass is 19.2. The third kappa shape index (κ3) is 3.31. The number of fused-ring (bicyclic) bond motifs is 4. The zero-order valence-corrected chi connectivity index (χ0v) is 20.6. The highest BCUT2D eigenvalue weighted by Crippen LogP contribution is 2.40. The summed E-state index contributed by atoms with van der Waals surface area (Å²) in [6.45, 7) is 1.47. The smallest absolute Gasteiger partial charge is 0.182 e. The van der Waals surface area contributed by atoms with E-state index in [1.165, 1.54) is 0 Å². The first-order valence-corrected chi connectivity index (χ1v) is 12.9. The normalized spacial score (nSPS) is 18.6. The van der Waals surface area contributed by atoms with Crippen LogP contribution in [0.2, 0.25) is 0 Å². The predicted octanol–water partition coefficient (Wildman–Crippen LogP) is 4.83. The van der Waals surface area contributed by atoms with E-state index in [0.717, 1.165) is 40.6 Å². The second-order valence-electron chi connectivity index (χ2n) is 10.1. The van der Waals surface area contributed by atoms with Crippen molar-refractivity contribution in [2.24, 2.45) is 0 Å². The van der Waals surface area contributed by atoms with E-state index in [1.807, 2.05) is 35.2 Å². The number of pyridine rings is 1. The van der Waals surface area contributed by atoms with Gasteiger partial charge in [-0.25, -0.2) is 18.3 Å². The molecule has 2 saturated heterocycles. The first kappa shape index (κ1) is 22.3. The average molecular weight is 521 g/mol. The quantitative estimate of drug-likeness (QED) is 0.346. The lowest BCUT2D eigenvalue weighted by atomic mass is 9.99. The third-order valence-electron chi connectivity index (χ3n) is 7.93. The van der Waals surface area contributed by atoms with E-state index in [-0.39, 0.29) is 11.6 Å².